The molecule has 1 heterocycles. The normalized spacial score (nSPS) is 19.9. The molecule has 114 valence electrons. The molecule has 0 aromatic heterocycles. The molecule has 0 aliphatic carbocycles. The van der Waals surface area contributed by atoms with Gasteiger partial charge in [-0.3, -0.25) is 4.79 Å². The zero-order chi connectivity index (χ0) is 15.2. The van der Waals surface area contributed by atoms with Gasteiger partial charge in [0.1, 0.15) is 12.6 Å². The first-order valence-corrected chi connectivity index (χ1v) is 7.05. The molecular weight excluding hydrogens is 272 g/mol. The Morgan fingerprint density at radius 2 is 2.05 bits per heavy atom. The number of piperidine rings is 1. The number of aliphatic carboxylic acids is 1. The van der Waals surface area contributed by atoms with Gasteiger partial charge >= 0.3 is 12.1 Å². The Morgan fingerprint density at radius 1 is 1.33 bits per heavy atom. The molecule has 2 rings (SSSR count). The molecule has 1 aromatic carbocycles. The second-order valence-electron chi connectivity index (χ2n) is 5.16. The van der Waals surface area contributed by atoms with E-state index in [0.29, 0.717) is 13.0 Å². The standard InChI is InChI=1S/C15H20N2O4/c16-13(14(18)19)12-8-4-5-9-17(12)15(20)21-10-11-6-2-1-3-7-11/h1-3,6-7,12-13H,4-5,8-10,16H2,(H,18,19)/t12-,13-/m0/s1. The van der Waals surface area contributed by atoms with E-state index in [0.717, 1.165) is 18.4 Å². The lowest BCUT2D eigenvalue weighted by molar-refractivity contribution is -0.140. The van der Waals surface area contributed by atoms with Gasteiger partial charge in [-0.05, 0) is 24.8 Å². The molecule has 0 bridgehead atoms. The molecule has 1 amide bonds. The van der Waals surface area contributed by atoms with E-state index in [2.05, 4.69) is 0 Å². The Morgan fingerprint density at radius 3 is 2.71 bits per heavy atom. The number of carbonyl (C=O) groups is 2. The van der Waals surface area contributed by atoms with Crippen molar-refractivity contribution in [1.29, 1.82) is 0 Å². The number of benzene rings is 1. The number of carbonyl (C=O) groups excluding carboxylic acids is 1. The van der Waals surface area contributed by atoms with Gasteiger partial charge in [-0.1, -0.05) is 30.3 Å². The number of rotatable bonds is 4. The van der Waals surface area contributed by atoms with Gasteiger partial charge < -0.3 is 20.5 Å². The van der Waals surface area contributed by atoms with Crippen molar-refractivity contribution in [2.24, 2.45) is 5.73 Å². The van der Waals surface area contributed by atoms with E-state index in [4.69, 9.17) is 15.6 Å². The number of hydrogen-bond donors (Lipinski definition) is 2. The fourth-order valence-corrected chi connectivity index (χ4v) is 2.52. The van der Waals surface area contributed by atoms with Crippen LogP contribution >= 0.6 is 0 Å². The second-order valence-corrected chi connectivity index (χ2v) is 5.16. The van der Waals surface area contributed by atoms with Gasteiger partial charge in [-0.15, -0.1) is 0 Å². The van der Waals surface area contributed by atoms with Crippen LogP contribution in [0.15, 0.2) is 30.3 Å². The summed E-state index contributed by atoms with van der Waals surface area (Å²) in [5, 5.41) is 9.04. The smallest absolute Gasteiger partial charge is 0.410 e. The number of nitrogens with zero attached hydrogens (tertiary/aromatic N) is 1. The van der Waals surface area contributed by atoms with Crippen LogP contribution in [0.25, 0.3) is 0 Å². The van der Waals surface area contributed by atoms with E-state index in [1.165, 1.54) is 4.90 Å². The molecule has 6 heteroatoms. The van der Waals surface area contributed by atoms with Gasteiger partial charge in [0.05, 0.1) is 6.04 Å². The van der Waals surface area contributed by atoms with Gasteiger partial charge in [-0.25, -0.2) is 4.79 Å². The van der Waals surface area contributed by atoms with E-state index in [9.17, 15) is 9.59 Å². The van der Waals surface area contributed by atoms with Crippen LogP contribution in [0.4, 0.5) is 4.79 Å². The number of carboxylic acids is 1. The van der Waals surface area contributed by atoms with E-state index in [-0.39, 0.29) is 6.61 Å². The van der Waals surface area contributed by atoms with E-state index < -0.39 is 24.1 Å². The van der Waals surface area contributed by atoms with Crippen molar-refractivity contribution < 1.29 is 19.4 Å². The minimum atomic E-state index is -1.09. The monoisotopic (exact) mass is 292 g/mol. The summed E-state index contributed by atoms with van der Waals surface area (Å²) in [4.78, 5) is 24.7. The summed E-state index contributed by atoms with van der Waals surface area (Å²) >= 11 is 0. The summed E-state index contributed by atoms with van der Waals surface area (Å²) in [6.07, 6.45) is 1.80. The third-order valence-electron chi connectivity index (χ3n) is 3.69. The Hall–Kier alpha value is -2.08. The number of amides is 1. The van der Waals surface area contributed by atoms with Crippen LogP contribution in [0.2, 0.25) is 0 Å². The molecule has 3 N–H and O–H groups in total. The summed E-state index contributed by atoms with van der Waals surface area (Å²) in [5.74, 6) is -1.09. The predicted octanol–water partition coefficient (Wildman–Crippen LogP) is 1.59. The summed E-state index contributed by atoms with van der Waals surface area (Å²) in [7, 11) is 0. The number of ether oxygens (including phenoxy) is 1. The average molecular weight is 292 g/mol. The van der Waals surface area contributed by atoms with Crippen LogP contribution in [0, 0.1) is 0 Å². The topological polar surface area (TPSA) is 92.9 Å². The molecule has 0 saturated carbocycles. The largest absolute Gasteiger partial charge is 0.480 e. The lowest BCUT2D eigenvalue weighted by Crippen LogP contribution is -2.55. The van der Waals surface area contributed by atoms with Crippen molar-refractivity contribution in [2.75, 3.05) is 6.54 Å². The van der Waals surface area contributed by atoms with Gasteiger partial charge in [0.15, 0.2) is 0 Å². The fraction of sp³-hybridized carbons (Fsp3) is 0.467. The maximum atomic E-state index is 12.2. The lowest BCUT2D eigenvalue weighted by Gasteiger charge is -2.36. The summed E-state index contributed by atoms with van der Waals surface area (Å²) in [6.45, 7) is 0.657. The van der Waals surface area contributed by atoms with E-state index >= 15 is 0 Å². The van der Waals surface area contributed by atoms with Gasteiger partial charge in [-0.2, -0.15) is 0 Å². The van der Waals surface area contributed by atoms with Crippen LogP contribution in [0.1, 0.15) is 24.8 Å². The Balaban J connectivity index is 1.97. The average Bonchev–Trinajstić information content (AvgIpc) is 2.52. The summed E-state index contributed by atoms with van der Waals surface area (Å²) in [5.41, 5.74) is 6.57. The van der Waals surface area contributed by atoms with Crippen molar-refractivity contribution in [2.45, 2.75) is 38.0 Å². The molecule has 0 unspecified atom stereocenters. The van der Waals surface area contributed by atoms with Gasteiger partial charge in [0.2, 0.25) is 0 Å². The molecular formula is C15H20N2O4. The number of nitrogens with two attached hydrogens (primary N) is 1. The number of likely N-dealkylation sites (tertiary alicyclic amines) is 1. The van der Waals surface area contributed by atoms with Crippen molar-refractivity contribution in [3.8, 4) is 0 Å². The second kappa shape index (κ2) is 7.08. The minimum absolute atomic E-state index is 0.172. The Labute approximate surface area is 123 Å². The van der Waals surface area contributed by atoms with Gasteiger partial charge in [0, 0.05) is 6.54 Å². The highest BCUT2D eigenvalue weighted by Crippen LogP contribution is 2.20. The van der Waals surface area contributed by atoms with Crippen LogP contribution in [0.5, 0.6) is 0 Å². The first kappa shape index (κ1) is 15.3. The maximum Gasteiger partial charge on any atom is 0.410 e. The van der Waals surface area contributed by atoms with E-state index in [1.54, 1.807) is 0 Å². The minimum Gasteiger partial charge on any atom is -0.480 e. The highest BCUT2D eigenvalue weighted by molar-refractivity contribution is 5.76. The third kappa shape index (κ3) is 3.95. The molecule has 2 atom stereocenters. The van der Waals surface area contributed by atoms with Gasteiger partial charge in [0.25, 0.3) is 0 Å². The molecule has 1 aliphatic rings. The zero-order valence-corrected chi connectivity index (χ0v) is 11.8. The highest BCUT2D eigenvalue weighted by atomic mass is 16.6. The van der Waals surface area contributed by atoms with Crippen LogP contribution in [-0.4, -0.2) is 40.7 Å². The molecule has 1 aromatic rings. The van der Waals surface area contributed by atoms with Crippen molar-refractivity contribution in [3.05, 3.63) is 35.9 Å². The molecule has 21 heavy (non-hydrogen) atoms. The fourth-order valence-electron chi connectivity index (χ4n) is 2.52. The molecule has 1 aliphatic heterocycles. The zero-order valence-electron chi connectivity index (χ0n) is 11.8. The third-order valence-corrected chi connectivity index (χ3v) is 3.69. The van der Waals surface area contributed by atoms with Crippen molar-refractivity contribution in [3.63, 3.8) is 0 Å². The van der Waals surface area contributed by atoms with Crippen molar-refractivity contribution in [1.82, 2.24) is 4.90 Å². The highest BCUT2D eigenvalue weighted by Gasteiger charge is 2.35. The lowest BCUT2D eigenvalue weighted by atomic mass is 9.96. The number of hydrogen-bond acceptors (Lipinski definition) is 4. The summed E-state index contributed by atoms with van der Waals surface area (Å²) in [6, 6.07) is 7.78. The molecule has 6 nitrogen and oxygen atoms in total. The summed E-state index contributed by atoms with van der Waals surface area (Å²) < 4.78 is 5.27. The molecule has 1 fully saturated rings. The quantitative estimate of drug-likeness (QED) is 0.879. The van der Waals surface area contributed by atoms with Crippen molar-refractivity contribution >= 4 is 12.1 Å². The van der Waals surface area contributed by atoms with Crippen LogP contribution < -0.4 is 5.73 Å². The van der Waals surface area contributed by atoms with E-state index in [1.807, 2.05) is 30.3 Å². The maximum absolute atomic E-state index is 12.2. The van der Waals surface area contributed by atoms with Crippen LogP contribution in [-0.2, 0) is 16.1 Å². The first-order chi connectivity index (χ1) is 10.1. The molecule has 0 spiro atoms. The Bertz CT molecular complexity index is 492. The van der Waals surface area contributed by atoms with Crippen LogP contribution in [0.3, 0.4) is 0 Å². The SMILES string of the molecule is N[C@H](C(=O)O)[C@@H]1CCCCN1C(=O)OCc1ccccc1. The first-order valence-electron chi connectivity index (χ1n) is 7.05. The number of carboxylic acid groups (broad SMARTS) is 1. The Kier molecular flexibility index (Phi) is 5.16. The molecule has 1 saturated heterocycles. The predicted molar refractivity (Wildman–Crippen MR) is 76.6 cm³/mol. The molecule has 0 radical (unpaired) electrons.